The molecule has 0 bridgehead atoms. The van der Waals surface area contributed by atoms with Crippen LogP contribution >= 0.6 is 0 Å². The van der Waals surface area contributed by atoms with Crippen LogP contribution in [0.25, 0.3) is 0 Å². The van der Waals surface area contributed by atoms with Gasteiger partial charge in [-0.25, -0.2) is 9.18 Å². The van der Waals surface area contributed by atoms with Crippen LogP contribution in [-0.2, 0) is 0 Å². The fourth-order valence-corrected chi connectivity index (χ4v) is 3.35. The Bertz CT molecular complexity index is 506. The standard InChI is InChI=1S/C15H20FNO3/c1-3-15(10(2)18)8-7-13(17(15)14(19)20)11-5-4-6-12(16)9-11/h4-6,9-10,13,18H,3,7-8H2,1-2H3,(H,19,20)/t10?,13-,15-/m0/s1. The van der Waals surface area contributed by atoms with E-state index in [0.717, 1.165) is 0 Å². The monoisotopic (exact) mass is 281 g/mol. The van der Waals surface area contributed by atoms with E-state index in [9.17, 15) is 19.4 Å². The Hall–Kier alpha value is -1.62. The second-order valence-electron chi connectivity index (χ2n) is 5.40. The first-order chi connectivity index (χ1) is 9.42. The van der Waals surface area contributed by atoms with Crippen LogP contribution in [0.15, 0.2) is 24.3 Å². The average molecular weight is 281 g/mol. The maximum Gasteiger partial charge on any atom is 0.408 e. The van der Waals surface area contributed by atoms with Gasteiger partial charge in [-0.15, -0.1) is 0 Å². The first-order valence-electron chi connectivity index (χ1n) is 6.88. The van der Waals surface area contributed by atoms with Crippen molar-refractivity contribution in [2.75, 3.05) is 0 Å². The molecule has 0 saturated carbocycles. The molecular weight excluding hydrogens is 261 g/mol. The zero-order chi connectivity index (χ0) is 14.9. The van der Waals surface area contributed by atoms with Gasteiger partial charge in [-0.1, -0.05) is 19.1 Å². The molecule has 1 aliphatic heterocycles. The van der Waals surface area contributed by atoms with Crippen molar-refractivity contribution < 1.29 is 19.4 Å². The predicted molar refractivity (Wildman–Crippen MR) is 72.9 cm³/mol. The van der Waals surface area contributed by atoms with Gasteiger partial charge >= 0.3 is 6.09 Å². The second-order valence-corrected chi connectivity index (χ2v) is 5.40. The van der Waals surface area contributed by atoms with Crippen molar-refractivity contribution in [2.45, 2.75) is 50.8 Å². The highest BCUT2D eigenvalue weighted by atomic mass is 19.1. The quantitative estimate of drug-likeness (QED) is 0.894. The van der Waals surface area contributed by atoms with E-state index in [4.69, 9.17) is 0 Å². The molecule has 4 nitrogen and oxygen atoms in total. The van der Waals surface area contributed by atoms with Gasteiger partial charge in [0.15, 0.2) is 0 Å². The fourth-order valence-electron chi connectivity index (χ4n) is 3.35. The van der Waals surface area contributed by atoms with Crippen molar-refractivity contribution in [1.82, 2.24) is 4.90 Å². The molecule has 1 heterocycles. The molecule has 2 rings (SSSR count). The third-order valence-corrected chi connectivity index (χ3v) is 4.47. The summed E-state index contributed by atoms with van der Waals surface area (Å²) < 4.78 is 13.4. The number of aliphatic hydroxyl groups excluding tert-OH is 1. The number of benzene rings is 1. The molecule has 1 saturated heterocycles. The summed E-state index contributed by atoms with van der Waals surface area (Å²) in [7, 11) is 0. The van der Waals surface area contributed by atoms with Gasteiger partial charge in [-0.3, -0.25) is 4.90 Å². The first kappa shape index (κ1) is 14.8. The van der Waals surface area contributed by atoms with Crippen molar-refractivity contribution in [3.63, 3.8) is 0 Å². The number of nitrogens with zero attached hydrogens (tertiary/aromatic N) is 1. The molecule has 0 aromatic heterocycles. The number of carbonyl (C=O) groups is 1. The van der Waals surface area contributed by atoms with Gasteiger partial charge in [0, 0.05) is 0 Å². The van der Waals surface area contributed by atoms with E-state index in [1.54, 1.807) is 19.1 Å². The molecule has 0 aliphatic carbocycles. The third kappa shape index (κ3) is 2.26. The molecular formula is C15H20FNO3. The number of aliphatic hydroxyl groups is 1. The number of amides is 1. The number of carboxylic acid groups (broad SMARTS) is 1. The van der Waals surface area contributed by atoms with Gasteiger partial charge in [0.2, 0.25) is 0 Å². The van der Waals surface area contributed by atoms with Crippen LogP contribution in [0.1, 0.15) is 44.7 Å². The van der Waals surface area contributed by atoms with Crippen LogP contribution < -0.4 is 0 Å². The summed E-state index contributed by atoms with van der Waals surface area (Å²) in [6.07, 6.45) is -0.131. The van der Waals surface area contributed by atoms with Crippen molar-refractivity contribution in [3.05, 3.63) is 35.6 Å². The summed E-state index contributed by atoms with van der Waals surface area (Å²) in [5, 5.41) is 19.6. The molecule has 3 atom stereocenters. The maximum atomic E-state index is 13.4. The molecule has 110 valence electrons. The average Bonchev–Trinajstić information content (AvgIpc) is 2.79. The lowest BCUT2D eigenvalue weighted by Crippen LogP contribution is -2.54. The van der Waals surface area contributed by atoms with E-state index in [0.29, 0.717) is 24.8 Å². The Labute approximate surface area is 117 Å². The zero-order valence-corrected chi connectivity index (χ0v) is 11.7. The van der Waals surface area contributed by atoms with Crippen LogP contribution in [-0.4, -0.2) is 32.8 Å². The van der Waals surface area contributed by atoms with Crippen molar-refractivity contribution in [3.8, 4) is 0 Å². The SMILES string of the molecule is CC[C@@]1(C(C)O)CC[C@@H](c2cccc(F)c2)N1C(=O)O. The Morgan fingerprint density at radius 3 is 2.80 bits per heavy atom. The highest BCUT2D eigenvalue weighted by molar-refractivity contribution is 5.68. The highest BCUT2D eigenvalue weighted by Crippen LogP contribution is 2.46. The minimum atomic E-state index is -1.07. The van der Waals surface area contributed by atoms with Crippen molar-refractivity contribution in [2.24, 2.45) is 0 Å². The normalized spacial score (nSPS) is 27.6. The van der Waals surface area contributed by atoms with Crippen LogP contribution in [0, 0.1) is 5.82 Å². The fraction of sp³-hybridized carbons (Fsp3) is 0.533. The smallest absolute Gasteiger partial charge is 0.408 e. The molecule has 2 N–H and O–H groups in total. The van der Waals surface area contributed by atoms with Crippen LogP contribution in [0.3, 0.4) is 0 Å². The minimum Gasteiger partial charge on any atom is -0.465 e. The van der Waals surface area contributed by atoms with Crippen molar-refractivity contribution in [1.29, 1.82) is 0 Å². The summed E-state index contributed by atoms with van der Waals surface area (Å²) in [5.41, 5.74) is -0.147. The van der Waals surface area contributed by atoms with E-state index in [2.05, 4.69) is 0 Å². The van der Waals surface area contributed by atoms with Gasteiger partial charge in [0.25, 0.3) is 0 Å². The summed E-state index contributed by atoms with van der Waals surface area (Å²) >= 11 is 0. The molecule has 0 spiro atoms. The van der Waals surface area contributed by atoms with Crippen molar-refractivity contribution >= 4 is 6.09 Å². The Morgan fingerprint density at radius 2 is 2.30 bits per heavy atom. The summed E-state index contributed by atoms with van der Waals surface area (Å²) in [6, 6.07) is 5.62. The van der Waals surface area contributed by atoms with Crippen LogP contribution in [0.5, 0.6) is 0 Å². The number of halogens is 1. The summed E-state index contributed by atoms with van der Waals surface area (Å²) in [4.78, 5) is 13.0. The van der Waals surface area contributed by atoms with Gasteiger partial charge in [-0.2, -0.15) is 0 Å². The van der Waals surface area contributed by atoms with E-state index < -0.39 is 23.8 Å². The highest BCUT2D eigenvalue weighted by Gasteiger charge is 2.51. The number of hydrogen-bond donors (Lipinski definition) is 2. The third-order valence-electron chi connectivity index (χ3n) is 4.47. The first-order valence-corrected chi connectivity index (χ1v) is 6.88. The molecule has 1 aromatic carbocycles. The van der Waals surface area contributed by atoms with Crippen LogP contribution in [0.4, 0.5) is 9.18 Å². The van der Waals surface area contributed by atoms with E-state index in [-0.39, 0.29) is 5.82 Å². The minimum absolute atomic E-state index is 0.376. The van der Waals surface area contributed by atoms with Gasteiger partial charge in [-0.05, 0) is 43.9 Å². The largest absolute Gasteiger partial charge is 0.465 e. The predicted octanol–water partition coefficient (Wildman–Crippen LogP) is 3.17. The number of rotatable bonds is 3. The van der Waals surface area contributed by atoms with Crippen LogP contribution in [0.2, 0.25) is 0 Å². The van der Waals surface area contributed by atoms with Gasteiger partial charge in [0.1, 0.15) is 5.82 Å². The molecule has 20 heavy (non-hydrogen) atoms. The molecule has 1 aliphatic rings. The lowest BCUT2D eigenvalue weighted by Gasteiger charge is -2.41. The topological polar surface area (TPSA) is 60.8 Å². The summed E-state index contributed by atoms with van der Waals surface area (Å²) in [5.74, 6) is -0.376. The molecule has 0 radical (unpaired) electrons. The molecule has 1 unspecified atom stereocenters. The van der Waals surface area contributed by atoms with E-state index in [1.165, 1.54) is 17.0 Å². The molecule has 1 fully saturated rings. The van der Waals surface area contributed by atoms with E-state index >= 15 is 0 Å². The number of likely N-dealkylation sites (tertiary alicyclic amines) is 1. The number of hydrogen-bond acceptors (Lipinski definition) is 2. The Balaban J connectivity index is 2.43. The summed E-state index contributed by atoms with van der Waals surface area (Å²) in [6.45, 7) is 3.49. The Morgan fingerprint density at radius 1 is 1.60 bits per heavy atom. The van der Waals surface area contributed by atoms with Gasteiger partial charge in [0.05, 0.1) is 17.7 Å². The maximum absolute atomic E-state index is 13.4. The lowest BCUT2D eigenvalue weighted by atomic mass is 9.87. The lowest BCUT2D eigenvalue weighted by molar-refractivity contribution is -0.00660. The second kappa shape index (κ2) is 5.40. The molecule has 1 aromatic rings. The molecule has 5 heteroatoms. The Kier molecular flexibility index (Phi) is 3.99. The zero-order valence-electron chi connectivity index (χ0n) is 11.7. The molecule has 1 amide bonds. The van der Waals surface area contributed by atoms with E-state index in [1.807, 2.05) is 6.92 Å². The van der Waals surface area contributed by atoms with Gasteiger partial charge < -0.3 is 10.2 Å².